The highest BCUT2D eigenvalue weighted by molar-refractivity contribution is 5.79. The van der Waals surface area contributed by atoms with E-state index in [1.807, 2.05) is 24.3 Å². The van der Waals surface area contributed by atoms with Crippen LogP contribution in [0.15, 0.2) is 29.3 Å². The molecule has 0 aromatic heterocycles. The minimum absolute atomic E-state index is 0.116. The molecule has 0 aliphatic carbocycles. The van der Waals surface area contributed by atoms with Crippen LogP contribution in [0.2, 0.25) is 0 Å². The summed E-state index contributed by atoms with van der Waals surface area (Å²) in [7, 11) is 1.67. The second-order valence-electron chi connectivity index (χ2n) is 6.08. The average molecular weight is 335 g/mol. The van der Waals surface area contributed by atoms with E-state index in [0.717, 1.165) is 49.6 Å². The fourth-order valence-corrected chi connectivity index (χ4v) is 2.69. The Balaban J connectivity index is 2.70. The molecule has 5 heteroatoms. The van der Waals surface area contributed by atoms with Gasteiger partial charge in [0.1, 0.15) is 5.75 Å². The summed E-state index contributed by atoms with van der Waals surface area (Å²) in [5.74, 6) is 1.67. The second-order valence-corrected chi connectivity index (χ2v) is 6.08. The third-order valence-electron chi connectivity index (χ3n) is 4.70. The Labute approximate surface area is 146 Å². The van der Waals surface area contributed by atoms with Crippen molar-refractivity contribution in [3.05, 3.63) is 29.8 Å². The van der Waals surface area contributed by atoms with Crippen LogP contribution < -0.4 is 15.4 Å². The molecule has 0 amide bonds. The van der Waals surface area contributed by atoms with Gasteiger partial charge in [-0.2, -0.15) is 0 Å². The average Bonchev–Trinajstić information content (AvgIpc) is 2.63. The molecule has 3 N–H and O–H groups in total. The fraction of sp³-hybridized carbons (Fsp3) is 0.632. The highest BCUT2D eigenvalue weighted by atomic mass is 16.5. The summed E-state index contributed by atoms with van der Waals surface area (Å²) >= 11 is 0. The van der Waals surface area contributed by atoms with Crippen molar-refractivity contribution in [2.24, 2.45) is 10.4 Å². The molecule has 1 aromatic carbocycles. The molecular formula is C19H33N3O2. The molecule has 0 aliphatic rings. The van der Waals surface area contributed by atoms with Crippen LogP contribution in [0.1, 0.15) is 45.6 Å². The van der Waals surface area contributed by atoms with E-state index in [1.165, 1.54) is 0 Å². The standard InChI is InChI=1S/C19H33N3O2/c1-5-19(6-2,12-13-23)15-22-18(20-7-3)21-14-16-8-10-17(24-4)11-9-16/h8-11,23H,5-7,12-15H2,1-4H3,(H2,20,21,22). The Hall–Kier alpha value is -1.75. The van der Waals surface area contributed by atoms with E-state index in [2.05, 4.69) is 36.4 Å². The Morgan fingerprint density at radius 2 is 1.79 bits per heavy atom. The lowest BCUT2D eigenvalue weighted by Gasteiger charge is -2.32. The van der Waals surface area contributed by atoms with E-state index in [9.17, 15) is 5.11 Å². The van der Waals surface area contributed by atoms with Crippen molar-refractivity contribution in [3.8, 4) is 5.75 Å². The molecule has 0 saturated heterocycles. The molecule has 0 aliphatic heterocycles. The van der Waals surface area contributed by atoms with Gasteiger partial charge in [0, 0.05) is 19.7 Å². The molecule has 1 aromatic rings. The van der Waals surface area contributed by atoms with Crippen LogP contribution in [-0.2, 0) is 6.54 Å². The minimum atomic E-state index is 0.116. The van der Waals surface area contributed by atoms with Gasteiger partial charge in [0.05, 0.1) is 13.7 Å². The topological polar surface area (TPSA) is 65.9 Å². The highest BCUT2D eigenvalue weighted by Gasteiger charge is 2.25. The van der Waals surface area contributed by atoms with Crippen molar-refractivity contribution >= 4 is 5.96 Å². The molecular weight excluding hydrogens is 302 g/mol. The van der Waals surface area contributed by atoms with Crippen molar-refractivity contribution in [1.29, 1.82) is 0 Å². The van der Waals surface area contributed by atoms with Crippen LogP contribution in [-0.4, -0.2) is 37.9 Å². The first-order valence-electron chi connectivity index (χ1n) is 8.89. The highest BCUT2D eigenvalue weighted by Crippen LogP contribution is 2.29. The molecule has 0 unspecified atom stereocenters. The molecule has 24 heavy (non-hydrogen) atoms. The summed E-state index contributed by atoms with van der Waals surface area (Å²) in [5.41, 5.74) is 1.26. The lowest BCUT2D eigenvalue weighted by atomic mass is 9.79. The van der Waals surface area contributed by atoms with Gasteiger partial charge in [0.15, 0.2) is 5.96 Å². The van der Waals surface area contributed by atoms with Crippen molar-refractivity contribution in [2.75, 3.05) is 26.8 Å². The summed E-state index contributed by atoms with van der Waals surface area (Å²) in [6.45, 7) is 8.90. The monoisotopic (exact) mass is 335 g/mol. The van der Waals surface area contributed by atoms with E-state index < -0.39 is 0 Å². The lowest BCUT2D eigenvalue weighted by molar-refractivity contribution is 0.169. The lowest BCUT2D eigenvalue weighted by Crippen LogP contribution is -2.43. The summed E-state index contributed by atoms with van der Waals surface area (Å²) < 4.78 is 5.18. The maximum Gasteiger partial charge on any atom is 0.191 e. The number of aliphatic imine (C=N–C) groups is 1. The third kappa shape index (κ3) is 6.40. The number of benzene rings is 1. The van der Waals surface area contributed by atoms with E-state index in [4.69, 9.17) is 4.74 Å². The summed E-state index contributed by atoms with van der Waals surface area (Å²) in [5, 5.41) is 16.1. The maximum atomic E-state index is 9.34. The second kappa shape index (κ2) is 10.9. The van der Waals surface area contributed by atoms with Crippen LogP contribution in [0.4, 0.5) is 0 Å². The van der Waals surface area contributed by atoms with Gasteiger partial charge in [-0.15, -0.1) is 0 Å². The molecule has 0 atom stereocenters. The summed E-state index contributed by atoms with van der Waals surface area (Å²) in [6.07, 6.45) is 2.88. The number of methoxy groups -OCH3 is 1. The molecule has 0 bridgehead atoms. The van der Waals surface area contributed by atoms with Crippen molar-refractivity contribution in [1.82, 2.24) is 10.6 Å². The molecule has 5 nitrogen and oxygen atoms in total. The zero-order valence-electron chi connectivity index (χ0n) is 15.6. The fourth-order valence-electron chi connectivity index (χ4n) is 2.69. The number of guanidine groups is 1. The quantitative estimate of drug-likeness (QED) is 0.454. The van der Waals surface area contributed by atoms with Gasteiger partial charge >= 0.3 is 0 Å². The van der Waals surface area contributed by atoms with Gasteiger partial charge in [0.2, 0.25) is 0 Å². The first-order chi connectivity index (χ1) is 11.6. The molecule has 0 fully saturated rings. The van der Waals surface area contributed by atoms with E-state index in [0.29, 0.717) is 6.54 Å². The zero-order valence-corrected chi connectivity index (χ0v) is 15.6. The molecule has 0 saturated carbocycles. The number of nitrogens with zero attached hydrogens (tertiary/aromatic N) is 1. The number of ether oxygens (including phenoxy) is 1. The number of aliphatic hydroxyl groups is 1. The van der Waals surface area contributed by atoms with Crippen molar-refractivity contribution < 1.29 is 9.84 Å². The molecule has 0 spiro atoms. The Morgan fingerprint density at radius 1 is 1.12 bits per heavy atom. The smallest absolute Gasteiger partial charge is 0.191 e. The van der Waals surface area contributed by atoms with Crippen LogP contribution in [0.5, 0.6) is 5.75 Å². The molecule has 0 heterocycles. The molecule has 136 valence electrons. The SMILES string of the molecule is CCNC(=NCc1ccc(OC)cc1)NCC(CC)(CC)CCO. The van der Waals surface area contributed by atoms with Gasteiger partial charge in [0.25, 0.3) is 0 Å². The van der Waals surface area contributed by atoms with Gasteiger partial charge < -0.3 is 20.5 Å². The number of aliphatic hydroxyl groups excluding tert-OH is 1. The number of nitrogens with one attached hydrogen (secondary N) is 2. The largest absolute Gasteiger partial charge is 0.497 e. The zero-order chi connectivity index (χ0) is 17.8. The first kappa shape index (κ1) is 20.3. The number of rotatable bonds is 10. The van der Waals surface area contributed by atoms with Crippen molar-refractivity contribution in [3.63, 3.8) is 0 Å². The Morgan fingerprint density at radius 3 is 2.29 bits per heavy atom. The predicted octanol–water partition coefficient (Wildman–Crippen LogP) is 2.94. The van der Waals surface area contributed by atoms with Crippen LogP contribution in [0.25, 0.3) is 0 Å². The van der Waals surface area contributed by atoms with Crippen molar-refractivity contribution in [2.45, 2.75) is 46.6 Å². The first-order valence-corrected chi connectivity index (χ1v) is 8.89. The van der Waals surface area contributed by atoms with E-state index in [1.54, 1.807) is 7.11 Å². The van der Waals surface area contributed by atoms with Gasteiger partial charge in [-0.25, -0.2) is 4.99 Å². The van der Waals surface area contributed by atoms with Crippen LogP contribution in [0.3, 0.4) is 0 Å². The van der Waals surface area contributed by atoms with Gasteiger partial charge in [-0.3, -0.25) is 0 Å². The molecule has 0 radical (unpaired) electrons. The maximum absolute atomic E-state index is 9.34. The minimum Gasteiger partial charge on any atom is -0.497 e. The van der Waals surface area contributed by atoms with Crippen LogP contribution in [0, 0.1) is 5.41 Å². The summed E-state index contributed by atoms with van der Waals surface area (Å²) in [4.78, 5) is 4.66. The third-order valence-corrected chi connectivity index (χ3v) is 4.70. The summed E-state index contributed by atoms with van der Waals surface area (Å²) in [6, 6.07) is 7.96. The van der Waals surface area contributed by atoms with E-state index in [-0.39, 0.29) is 12.0 Å². The number of hydrogen-bond acceptors (Lipinski definition) is 3. The predicted molar refractivity (Wildman–Crippen MR) is 101 cm³/mol. The van der Waals surface area contributed by atoms with Crippen LogP contribution >= 0.6 is 0 Å². The molecule has 1 rings (SSSR count). The number of hydrogen-bond donors (Lipinski definition) is 3. The Bertz CT molecular complexity index is 482. The van der Waals surface area contributed by atoms with Gasteiger partial charge in [-0.05, 0) is 49.3 Å². The van der Waals surface area contributed by atoms with Gasteiger partial charge in [-0.1, -0.05) is 26.0 Å². The Kier molecular flexibility index (Phi) is 9.23. The van der Waals surface area contributed by atoms with E-state index >= 15 is 0 Å². The normalized spacial score (nSPS) is 12.1.